The van der Waals surface area contributed by atoms with Crippen LogP contribution < -0.4 is 5.73 Å². The topological polar surface area (TPSA) is 46.2 Å². The van der Waals surface area contributed by atoms with Gasteiger partial charge in [-0.25, -0.2) is 0 Å². The maximum atomic E-state index is 8.86. The first-order valence-corrected chi connectivity index (χ1v) is 4.72. The van der Waals surface area contributed by atoms with Crippen LogP contribution in [0.25, 0.3) is 0 Å². The summed E-state index contributed by atoms with van der Waals surface area (Å²) in [4.78, 5) is 0. The Morgan fingerprint density at radius 1 is 1.25 bits per heavy atom. The van der Waals surface area contributed by atoms with Gasteiger partial charge >= 0.3 is 0 Å². The van der Waals surface area contributed by atoms with Gasteiger partial charge in [-0.1, -0.05) is 32.1 Å². The molecule has 74 valence electrons. The lowest BCUT2D eigenvalue weighted by Crippen LogP contribution is -2.20. The number of hydrogen-bond donors (Lipinski definition) is 2. The van der Waals surface area contributed by atoms with E-state index in [0.717, 1.165) is 18.8 Å². The van der Waals surface area contributed by atoms with Gasteiger partial charge in [-0.05, 0) is 18.8 Å². The normalized spacial score (nSPS) is 21.5. The molecule has 0 radical (unpaired) electrons. The van der Waals surface area contributed by atoms with E-state index in [1.807, 2.05) is 0 Å². The fourth-order valence-electron chi connectivity index (χ4n) is 1.88. The van der Waals surface area contributed by atoms with E-state index in [-0.39, 0.29) is 12.4 Å². The average Bonchev–Trinajstić information content (AvgIpc) is 2.03. The van der Waals surface area contributed by atoms with E-state index in [4.69, 9.17) is 10.8 Å². The van der Waals surface area contributed by atoms with Gasteiger partial charge in [0, 0.05) is 0 Å². The van der Waals surface area contributed by atoms with Crippen LogP contribution in [0, 0.1) is 5.92 Å². The van der Waals surface area contributed by atoms with Crippen LogP contribution in [-0.2, 0) is 0 Å². The number of nitrogens with two attached hydrogens (primary N) is 1. The van der Waals surface area contributed by atoms with Crippen LogP contribution >= 0.6 is 12.4 Å². The highest BCUT2D eigenvalue weighted by molar-refractivity contribution is 5.85. The number of aliphatic hydroxyl groups excluding tert-OH is 1. The molecular weight excluding hydrogens is 174 g/mol. The second-order valence-corrected chi connectivity index (χ2v) is 3.65. The minimum atomic E-state index is -0.586. The fraction of sp³-hybridized carbons (Fsp3) is 1.00. The quantitative estimate of drug-likeness (QED) is 0.674. The molecule has 1 rings (SSSR count). The summed E-state index contributed by atoms with van der Waals surface area (Å²) in [5.74, 6) is 0.849. The second kappa shape index (κ2) is 6.70. The summed E-state index contributed by atoms with van der Waals surface area (Å²) in [6.45, 7) is 0. The smallest absolute Gasteiger partial charge is 0.102 e. The van der Waals surface area contributed by atoms with Gasteiger partial charge in [0.25, 0.3) is 0 Å². The molecule has 0 aromatic rings. The molecule has 0 aromatic heterocycles. The third-order valence-corrected chi connectivity index (χ3v) is 2.60. The van der Waals surface area contributed by atoms with E-state index in [1.54, 1.807) is 0 Å². The Labute approximate surface area is 80.9 Å². The molecule has 12 heavy (non-hydrogen) atoms. The molecule has 2 nitrogen and oxygen atoms in total. The van der Waals surface area contributed by atoms with Crippen molar-refractivity contribution in [3.63, 3.8) is 0 Å². The van der Waals surface area contributed by atoms with Gasteiger partial charge in [-0.2, -0.15) is 0 Å². The van der Waals surface area contributed by atoms with Crippen molar-refractivity contribution in [2.45, 2.75) is 51.2 Å². The molecule has 1 unspecified atom stereocenters. The predicted octanol–water partition coefficient (Wildman–Crippen LogP) is 2.05. The molecule has 1 aliphatic carbocycles. The highest BCUT2D eigenvalue weighted by atomic mass is 35.5. The monoisotopic (exact) mass is 193 g/mol. The molecule has 0 aromatic carbocycles. The van der Waals surface area contributed by atoms with E-state index in [2.05, 4.69) is 0 Å². The van der Waals surface area contributed by atoms with Crippen LogP contribution in [0.1, 0.15) is 44.9 Å². The first-order chi connectivity index (χ1) is 5.29. The summed E-state index contributed by atoms with van der Waals surface area (Å²) >= 11 is 0. The summed E-state index contributed by atoms with van der Waals surface area (Å²) in [5, 5.41) is 8.86. The Morgan fingerprint density at radius 3 is 2.33 bits per heavy atom. The molecule has 0 saturated heterocycles. The predicted molar refractivity (Wildman–Crippen MR) is 53.3 cm³/mol. The molecule has 1 fully saturated rings. The molecule has 0 amide bonds. The largest absolute Gasteiger partial charge is 0.379 e. The zero-order valence-corrected chi connectivity index (χ0v) is 8.35. The van der Waals surface area contributed by atoms with Gasteiger partial charge < -0.3 is 10.8 Å². The molecule has 1 atom stereocenters. The number of halogens is 1. The van der Waals surface area contributed by atoms with E-state index >= 15 is 0 Å². The van der Waals surface area contributed by atoms with Crippen molar-refractivity contribution >= 4 is 12.4 Å². The molecule has 0 heterocycles. The van der Waals surface area contributed by atoms with Gasteiger partial charge in [0.1, 0.15) is 6.23 Å². The maximum Gasteiger partial charge on any atom is 0.102 e. The van der Waals surface area contributed by atoms with Gasteiger partial charge in [0.15, 0.2) is 0 Å². The van der Waals surface area contributed by atoms with Crippen molar-refractivity contribution in [1.82, 2.24) is 0 Å². The van der Waals surface area contributed by atoms with E-state index < -0.39 is 6.23 Å². The third-order valence-electron chi connectivity index (χ3n) is 2.60. The molecule has 0 aliphatic heterocycles. The highest BCUT2D eigenvalue weighted by Gasteiger charge is 2.13. The van der Waals surface area contributed by atoms with E-state index in [0.29, 0.717) is 0 Å². The van der Waals surface area contributed by atoms with Gasteiger partial charge in [-0.15, -0.1) is 12.4 Å². The molecule has 3 N–H and O–H groups in total. The van der Waals surface area contributed by atoms with Gasteiger partial charge in [0.05, 0.1) is 0 Å². The Hall–Kier alpha value is 0.210. The summed E-state index contributed by atoms with van der Waals surface area (Å²) in [6, 6.07) is 0. The number of rotatable bonds is 3. The summed E-state index contributed by atoms with van der Waals surface area (Å²) in [5.41, 5.74) is 5.27. The Morgan fingerprint density at radius 2 is 1.83 bits per heavy atom. The fourth-order valence-corrected chi connectivity index (χ4v) is 1.88. The van der Waals surface area contributed by atoms with Crippen LogP contribution in [0.5, 0.6) is 0 Å². The van der Waals surface area contributed by atoms with Gasteiger partial charge in [-0.3, -0.25) is 0 Å². The number of hydrogen-bond acceptors (Lipinski definition) is 2. The van der Waals surface area contributed by atoms with Crippen molar-refractivity contribution in [2.24, 2.45) is 11.7 Å². The molecule has 0 bridgehead atoms. The molecule has 0 spiro atoms. The zero-order chi connectivity index (χ0) is 8.10. The van der Waals surface area contributed by atoms with E-state index in [1.165, 1.54) is 32.1 Å². The lowest BCUT2D eigenvalue weighted by molar-refractivity contribution is 0.156. The highest BCUT2D eigenvalue weighted by Crippen LogP contribution is 2.27. The zero-order valence-electron chi connectivity index (χ0n) is 7.54. The Kier molecular flexibility index (Phi) is 6.81. The van der Waals surface area contributed by atoms with Crippen molar-refractivity contribution in [2.75, 3.05) is 0 Å². The van der Waals surface area contributed by atoms with Crippen molar-refractivity contribution in [1.29, 1.82) is 0 Å². The van der Waals surface area contributed by atoms with Crippen molar-refractivity contribution < 1.29 is 5.11 Å². The minimum absolute atomic E-state index is 0. The molecule has 1 aliphatic rings. The van der Waals surface area contributed by atoms with E-state index in [9.17, 15) is 0 Å². The lowest BCUT2D eigenvalue weighted by atomic mass is 9.86. The number of aliphatic hydroxyl groups is 1. The maximum absolute atomic E-state index is 8.86. The Bertz CT molecular complexity index is 103. The van der Waals surface area contributed by atoms with Crippen molar-refractivity contribution in [3.05, 3.63) is 0 Å². The lowest BCUT2D eigenvalue weighted by Gasteiger charge is -2.21. The minimum Gasteiger partial charge on any atom is -0.379 e. The molecule has 3 heteroatoms. The summed E-state index contributed by atoms with van der Waals surface area (Å²) < 4.78 is 0. The third kappa shape index (κ3) is 4.96. The first-order valence-electron chi connectivity index (χ1n) is 4.72. The summed E-state index contributed by atoms with van der Waals surface area (Å²) in [7, 11) is 0. The molecular formula is C9H20ClNO. The van der Waals surface area contributed by atoms with Crippen LogP contribution in [-0.4, -0.2) is 11.3 Å². The Balaban J connectivity index is 0.00000121. The van der Waals surface area contributed by atoms with Crippen LogP contribution in [0.2, 0.25) is 0 Å². The van der Waals surface area contributed by atoms with Crippen LogP contribution in [0.3, 0.4) is 0 Å². The van der Waals surface area contributed by atoms with Crippen LogP contribution in [0.15, 0.2) is 0 Å². The molecule has 1 saturated carbocycles. The summed E-state index contributed by atoms with van der Waals surface area (Å²) in [6.07, 6.45) is 8.19. The first kappa shape index (κ1) is 12.2. The van der Waals surface area contributed by atoms with Crippen molar-refractivity contribution in [3.8, 4) is 0 Å². The van der Waals surface area contributed by atoms with Gasteiger partial charge in [0.2, 0.25) is 0 Å². The standard InChI is InChI=1S/C9H19NO.ClH/c10-9(11)7-6-8-4-2-1-3-5-8;/h8-9,11H,1-7,10H2;1H. The average molecular weight is 194 g/mol. The SMILES string of the molecule is Cl.NC(O)CCC1CCCCC1. The second-order valence-electron chi connectivity index (χ2n) is 3.65. The van der Waals surface area contributed by atoms with Crippen LogP contribution in [0.4, 0.5) is 0 Å².